The molecule has 0 spiro atoms. The van der Waals surface area contributed by atoms with Crippen LogP contribution in [0.3, 0.4) is 0 Å². The van der Waals surface area contributed by atoms with Crippen molar-refractivity contribution in [3.63, 3.8) is 0 Å². The molecule has 4 rings (SSSR count). The molecule has 0 saturated carbocycles. The maximum atomic E-state index is 12.2. The van der Waals surface area contributed by atoms with E-state index < -0.39 is 0 Å². The van der Waals surface area contributed by atoms with Crippen molar-refractivity contribution in [1.29, 1.82) is 0 Å². The van der Waals surface area contributed by atoms with E-state index in [9.17, 15) is 4.79 Å². The molecule has 2 saturated heterocycles. The molecule has 4 heteroatoms. The van der Waals surface area contributed by atoms with E-state index in [2.05, 4.69) is 40.3 Å². The first-order chi connectivity index (χ1) is 11.3. The maximum Gasteiger partial charge on any atom is 0.220 e. The predicted octanol–water partition coefficient (Wildman–Crippen LogP) is 3.62. The molecular formula is C19H24N2OS. The van der Waals surface area contributed by atoms with Crippen molar-refractivity contribution in [2.24, 2.45) is 0 Å². The van der Waals surface area contributed by atoms with E-state index in [-0.39, 0.29) is 5.91 Å². The Balaban J connectivity index is 1.25. The molecule has 2 N–H and O–H groups in total. The first kappa shape index (κ1) is 15.2. The van der Waals surface area contributed by atoms with E-state index >= 15 is 0 Å². The highest BCUT2D eigenvalue weighted by molar-refractivity contribution is 7.17. The quantitative estimate of drug-likeness (QED) is 0.880. The first-order valence-corrected chi connectivity index (χ1v) is 9.66. The number of aryl methyl sites for hydroxylation is 1. The Kier molecular flexibility index (Phi) is 4.36. The van der Waals surface area contributed by atoms with E-state index in [0.29, 0.717) is 24.5 Å². The van der Waals surface area contributed by atoms with Gasteiger partial charge in [0.2, 0.25) is 5.91 Å². The van der Waals surface area contributed by atoms with Crippen molar-refractivity contribution < 1.29 is 4.79 Å². The zero-order valence-corrected chi connectivity index (χ0v) is 14.2. The van der Waals surface area contributed by atoms with Gasteiger partial charge in [-0.25, -0.2) is 0 Å². The minimum absolute atomic E-state index is 0.232. The van der Waals surface area contributed by atoms with Gasteiger partial charge in [-0.05, 0) is 60.9 Å². The average molecular weight is 328 g/mol. The normalized spacial score (nSPS) is 26.5. The molecule has 23 heavy (non-hydrogen) atoms. The van der Waals surface area contributed by atoms with Crippen molar-refractivity contribution in [2.75, 3.05) is 0 Å². The Bertz CT molecular complexity index is 683. The van der Waals surface area contributed by atoms with E-state index in [0.717, 1.165) is 25.7 Å². The summed E-state index contributed by atoms with van der Waals surface area (Å²) >= 11 is 1.80. The van der Waals surface area contributed by atoms with E-state index in [4.69, 9.17) is 0 Å². The van der Waals surface area contributed by atoms with Crippen molar-refractivity contribution in [3.8, 4) is 0 Å². The van der Waals surface area contributed by atoms with Gasteiger partial charge in [-0.1, -0.05) is 18.2 Å². The molecule has 2 atom stereocenters. The largest absolute Gasteiger partial charge is 0.353 e. The van der Waals surface area contributed by atoms with Gasteiger partial charge in [0.1, 0.15) is 0 Å². The lowest BCUT2D eigenvalue weighted by atomic mass is 9.99. The molecule has 2 aliphatic heterocycles. The standard InChI is InChI=1S/C19H24N2OS/c22-19(21-16-10-14-8-9-15(11-16)20-14)7-3-4-13-12-23-18-6-2-1-5-17(13)18/h1-2,5-6,12,14-16,20H,3-4,7-11H2,(H,21,22). The number of carbonyl (C=O) groups excluding carboxylic acids is 1. The lowest BCUT2D eigenvalue weighted by Crippen LogP contribution is -2.48. The van der Waals surface area contributed by atoms with Crippen LogP contribution in [0, 0.1) is 0 Å². The fourth-order valence-corrected chi connectivity index (χ4v) is 5.14. The minimum Gasteiger partial charge on any atom is -0.353 e. The summed E-state index contributed by atoms with van der Waals surface area (Å²) in [5, 5.41) is 10.5. The number of nitrogens with one attached hydrogen (secondary N) is 2. The van der Waals surface area contributed by atoms with Crippen LogP contribution in [0.1, 0.15) is 44.1 Å². The molecule has 1 aromatic carbocycles. The third kappa shape index (κ3) is 3.43. The number of rotatable bonds is 5. The topological polar surface area (TPSA) is 41.1 Å². The Morgan fingerprint density at radius 1 is 1.22 bits per heavy atom. The number of amides is 1. The van der Waals surface area contributed by atoms with Gasteiger partial charge in [0.05, 0.1) is 0 Å². The van der Waals surface area contributed by atoms with Crippen molar-refractivity contribution >= 4 is 27.3 Å². The molecule has 1 aromatic heterocycles. The zero-order chi connectivity index (χ0) is 15.6. The van der Waals surface area contributed by atoms with Crippen LogP contribution in [0.4, 0.5) is 0 Å². The minimum atomic E-state index is 0.232. The molecule has 0 aliphatic carbocycles. The number of fused-ring (bicyclic) bond motifs is 3. The van der Waals surface area contributed by atoms with Crippen LogP contribution in [0.2, 0.25) is 0 Å². The zero-order valence-electron chi connectivity index (χ0n) is 13.4. The molecule has 2 unspecified atom stereocenters. The Morgan fingerprint density at radius 3 is 2.83 bits per heavy atom. The highest BCUT2D eigenvalue weighted by atomic mass is 32.1. The maximum absolute atomic E-state index is 12.2. The van der Waals surface area contributed by atoms with Gasteiger partial charge in [0.15, 0.2) is 0 Å². The van der Waals surface area contributed by atoms with Crippen LogP contribution >= 0.6 is 11.3 Å². The summed E-state index contributed by atoms with van der Waals surface area (Å²) in [7, 11) is 0. The number of hydrogen-bond acceptors (Lipinski definition) is 3. The third-order valence-electron chi connectivity index (χ3n) is 5.25. The van der Waals surface area contributed by atoms with Crippen molar-refractivity contribution in [1.82, 2.24) is 10.6 Å². The second kappa shape index (κ2) is 6.62. The average Bonchev–Trinajstić information content (AvgIpc) is 3.11. The van der Waals surface area contributed by atoms with Crippen LogP contribution in [0.25, 0.3) is 10.1 Å². The van der Waals surface area contributed by atoms with Gasteiger partial charge in [-0.3, -0.25) is 4.79 Å². The van der Waals surface area contributed by atoms with Gasteiger partial charge in [0.25, 0.3) is 0 Å². The summed E-state index contributed by atoms with van der Waals surface area (Å²) in [4.78, 5) is 12.2. The fraction of sp³-hybridized carbons (Fsp3) is 0.526. The third-order valence-corrected chi connectivity index (χ3v) is 6.26. The highest BCUT2D eigenvalue weighted by Gasteiger charge is 2.33. The predicted molar refractivity (Wildman–Crippen MR) is 95.9 cm³/mol. The Hall–Kier alpha value is -1.39. The van der Waals surface area contributed by atoms with Gasteiger partial charge in [-0.2, -0.15) is 0 Å². The molecular weight excluding hydrogens is 304 g/mol. The molecule has 122 valence electrons. The van der Waals surface area contributed by atoms with Gasteiger partial charge in [0, 0.05) is 29.2 Å². The van der Waals surface area contributed by atoms with Gasteiger partial charge >= 0.3 is 0 Å². The van der Waals surface area contributed by atoms with Crippen LogP contribution < -0.4 is 10.6 Å². The fourth-order valence-electron chi connectivity index (χ4n) is 4.14. The molecule has 3 heterocycles. The molecule has 3 nitrogen and oxygen atoms in total. The number of hydrogen-bond donors (Lipinski definition) is 2. The smallest absolute Gasteiger partial charge is 0.220 e. The van der Waals surface area contributed by atoms with Gasteiger partial charge < -0.3 is 10.6 Å². The summed E-state index contributed by atoms with van der Waals surface area (Å²) in [6.07, 6.45) is 7.35. The molecule has 2 fully saturated rings. The summed E-state index contributed by atoms with van der Waals surface area (Å²) in [5.41, 5.74) is 1.39. The Morgan fingerprint density at radius 2 is 2.00 bits per heavy atom. The molecule has 2 aromatic rings. The summed E-state index contributed by atoms with van der Waals surface area (Å²) in [6, 6.07) is 10.2. The second-order valence-electron chi connectivity index (χ2n) is 6.98. The van der Waals surface area contributed by atoms with E-state index in [1.54, 1.807) is 11.3 Å². The summed E-state index contributed by atoms with van der Waals surface area (Å²) < 4.78 is 1.34. The van der Waals surface area contributed by atoms with Crippen molar-refractivity contribution in [3.05, 3.63) is 35.2 Å². The number of piperidine rings is 1. The van der Waals surface area contributed by atoms with E-state index in [1.165, 1.54) is 28.5 Å². The van der Waals surface area contributed by atoms with Crippen LogP contribution in [0.5, 0.6) is 0 Å². The number of carbonyl (C=O) groups is 1. The van der Waals surface area contributed by atoms with Crippen LogP contribution in [-0.2, 0) is 11.2 Å². The monoisotopic (exact) mass is 328 g/mol. The lowest BCUT2D eigenvalue weighted by Gasteiger charge is -2.29. The molecule has 2 bridgehead atoms. The van der Waals surface area contributed by atoms with Gasteiger partial charge in [-0.15, -0.1) is 11.3 Å². The second-order valence-corrected chi connectivity index (χ2v) is 7.90. The summed E-state index contributed by atoms with van der Waals surface area (Å²) in [5.74, 6) is 0.232. The Labute approximate surface area is 141 Å². The van der Waals surface area contributed by atoms with E-state index in [1.807, 2.05) is 0 Å². The molecule has 2 aliphatic rings. The van der Waals surface area contributed by atoms with Crippen LogP contribution in [0.15, 0.2) is 29.6 Å². The number of benzene rings is 1. The molecule has 0 radical (unpaired) electrons. The molecule has 1 amide bonds. The highest BCUT2D eigenvalue weighted by Crippen LogP contribution is 2.28. The van der Waals surface area contributed by atoms with Crippen LogP contribution in [-0.4, -0.2) is 24.0 Å². The first-order valence-electron chi connectivity index (χ1n) is 8.78. The lowest BCUT2D eigenvalue weighted by molar-refractivity contribution is -0.122. The SMILES string of the molecule is O=C(CCCc1csc2ccccc12)NC1CC2CCC(C1)N2. The summed E-state index contributed by atoms with van der Waals surface area (Å²) in [6.45, 7) is 0. The number of thiophene rings is 1. The van der Waals surface area contributed by atoms with Crippen molar-refractivity contribution in [2.45, 2.75) is 63.1 Å².